The number of nitrogens with zero attached hydrogens (tertiary/aromatic N) is 2. The number of halogens is 1. The van der Waals surface area contributed by atoms with Gasteiger partial charge in [-0.25, -0.2) is 0 Å². The van der Waals surface area contributed by atoms with Gasteiger partial charge < -0.3 is 0 Å². The monoisotopic (exact) mass is 246 g/mol. The maximum absolute atomic E-state index is 6.13. The third kappa shape index (κ3) is 3.55. The van der Waals surface area contributed by atoms with Crippen molar-refractivity contribution in [3.8, 4) is 0 Å². The van der Waals surface area contributed by atoms with E-state index in [4.69, 9.17) is 11.6 Å². The summed E-state index contributed by atoms with van der Waals surface area (Å²) in [5, 5.41) is 0.820. The molecule has 0 bridgehead atoms. The number of aromatic nitrogens is 1. The van der Waals surface area contributed by atoms with Crippen LogP contribution < -0.4 is 0 Å². The zero-order valence-corrected chi connectivity index (χ0v) is 10.6. The summed E-state index contributed by atoms with van der Waals surface area (Å²) in [5.74, 6) is 0. The molecule has 1 aromatic heterocycles. The molecular formula is C14H15ClN2. The summed E-state index contributed by atoms with van der Waals surface area (Å²) in [6.45, 7) is 1.66. The average molecular weight is 247 g/mol. The maximum Gasteiger partial charge on any atom is 0.0543 e. The van der Waals surface area contributed by atoms with Gasteiger partial charge in [0.2, 0.25) is 0 Å². The van der Waals surface area contributed by atoms with Crippen LogP contribution >= 0.6 is 11.6 Å². The number of hydrogen-bond acceptors (Lipinski definition) is 2. The van der Waals surface area contributed by atoms with Gasteiger partial charge in [0.05, 0.1) is 5.69 Å². The number of hydrogen-bond donors (Lipinski definition) is 0. The van der Waals surface area contributed by atoms with E-state index in [1.807, 2.05) is 42.6 Å². The first kappa shape index (κ1) is 12.1. The van der Waals surface area contributed by atoms with Gasteiger partial charge >= 0.3 is 0 Å². The Balaban J connectivity index is 1.98. The molecule has 0 atom stereocenters. The first-order chi connectivity index (χ1) is 8.25. The van der Waals surface area contributed by atoms with Crippen LogP contribution in [-0.4, -0.2) is 16.9 Å². The van der Waals surface area contributed by atoms with Crippen molar-refractivity contribution < 1.29 is 0 Å². The summed E-state index contributed by atoms with van der Waals surface area (Å²) in [6.07, 6.45) is 1.82. The van der Waals surface area contributed by atoms with E-state index in [-0.39, 0.29) is 0 Å². The van der Waals surface area contributed by atoms with Crippen LogP contribution in [0.5, 0.6) is 0 Å². The molecule has 0 saturated heterocycles. The Morgan fingerprint density at radius 2 is 1.82 bits per heavy atom. The zero-order chi connectivity index (χ0) is 12.1. The van der Waals surface area contributed by atoms with Gasteiger partial charge in [0.15, 0.2) is 0 Å². The van der Waals surface area contributed by atoms with E-state index in [0.717, 1.165) is 29.4 Å². The minimum absolute atomic E-state index is 0.820. The van der Waals surface area contributed by atoms with E-state index in [9.17, 15) is 0 Å². The highest BCUT2D eigenvalue weighted by atomic mass is 35.5. The average Bonchev–Trinajstić information content (AvgIpc) is 2.33. The molecule has 1 heterocycles. The molecule has 2 nitrogen and oxygen atoms in total. The highest BCUT2D eigenvalue weighted by molar-refractivity contribution is 6.31. The molecule has 2 rings (SSSR count). The van der Waals surface area contributed by atoms with Crippen molar-refractivity contribution >= 4 is 11.6 Å². The lowest BCUT2D eigenvalue weighted by Crippen LogP contribution is -2.18. The Hall–Kier alpha value is -1.38. The largest absolute Gasteiger partial charge is 0.296 e. The lowest BCUT2D eigenvalue weighted by molar-refractivity contribution is 0.315. The molecule has 3 heteroatoms. The van der Waals surface area contributed by atoms with Crippen molar-refractivity contribution in [1.82, 2.24) is 9.88 Å². The summed E-state index contributed by atoms with van der Waals surface area (Å²) < 4.78 is 0. The molecule has 0 aliphatic carbocycles. The van der Waals surface area contributed by atoms with Crippen LogP contribution in [0.3, 0.4) is 0 Å². The fraction of sp³-hybridized carbons (Fsp3) is 0.214. The molecule has 0 radical (unpaired) electrons. The molecule has 2 aromatic rings. The molecule has 0 aliphatic rings. The number of benzene rings is 1. The van der Waals surface area contributed by atoms with Crippen molar-refractivity contribution in [3.05, 3.63) is 64.9 Å². The van der Waals surface area contributed by atoms with Gasteiger partial charge in [0.25, 0.3) is 0 Å². The van der Waals surface area contributed by atoms with Gasteiger partial charge in [0.1, 0.15) is 0 Å². The normalized spacial score (nSPS) is 10.8. The summed E-state index contributed by atoms with van der Waals surface area (Å²) in [7, 11) is 2.07. The van der Waals surface area contributed by atoms with Gasteiger partial charge in [-0.2, -0.15) is 0 Å². The molecule has 88 valence electrons. The van der Waals surface area contributed by atoms with Crippen LogP contribution in [0.25, 0.3) is 0 Å². The van der Waals surface area contributed by atoms with Gasteiger partial charge in [0, 0.05) is 24.3 Å². The predicted molar refractivity (Wildman–Crippen MR) is 70.9 cm³/mol. The molecule has 0 unspecified atom stereocenters. The fourth-order valence-electron chi connectivity index (χ4n) is 1.74. The Morgan fingerprint density at radius 3 is 2.53 bits per heavy atom. The molecule has 0 amide bonds. The van der Waals surface area contributed by atoms with Crippen LogP contribution in [0, 0.1) is 0 Å². The van der Waals surface area contributed by atoms with Crippen LogP contribution in [-0.2, 0) is 13.1 Å². The Labute approximate surface area is 107 Å². The molecule has 0 saturated carbocycles. The molecule has 0 fully saturated rings. The number of rotatable bonds is 4. The van der Waals surface area contributed by atoms with Crippen molar-refractivity contribution in [2.24, 2.45) is 0 Å². The molecule has 0 N–H and O–H groups in total. The SMILES string of the molecule is CN(Cc1ccccn1)Cc1ccccc1Cl. The van der Waals surface area contributed by atoms with E-state index in [1.165, 1.54) is 0 Å². The Kier molecular flexibility index (Phi) is 4.13. The molecule has 17 heavy (non-hydrogen) atoms. The van der Waals surface area contributed by atoms with Crippen LogP contribution in [0.4, 0.5) is 0 Å². The van der Waals surface area contributed by atoms with Crippen LogP contribution in [0.2, 0.25) is 5.02 Å². The lowest BCUT2D eigenvalue weighted by atomic mass is 10.2. The van der Waals surface area contributed by atoms with Gasteiger partial charge in [-0.05, 0) is 30.8 Å². The highest BCUT2D eigenvalue weighted by Gasteiger charge is 2.04. The minimum atomic E-state index is 0.820. The van der Waals surface area contributed by atoms with E-state index < -0.39 is 0 Å². The zero-order valence-electron chi connectivity index (χ0n) is 9.81. The second-order valence-corrected chi connectivity index (χ2v) is 4.49. The van der Waals surface area contributed by atoms with Gasteiger partial charge in [-0.15, -0.1) is 0 Å². The first-order valence-electron chi connectivity index (χ1n) is 5.57. The lowest BCUT2D eigenvalue weighted by Gasteiger charge is -2.16. The van der Waals surface area contributed by atoms with Crippen molar-refractivity contribution in [3.63, 3.8) is 0 Å². The topological polar surface area (TPSA) is 16.1 Å². The summed E-state index contributed by atoms with van der Waals surface area (Å²) in [5.41, 5.74) is 2.22. The predicted octanol–water partition coefficient (Wildman–Crippen LogP) is 3.37. The third-order valence-electron chi connectivity index (χ3n) is 2.56. The molecular weight excluding hydrogens is 232 g/mol. The summed E-state index contributed by atoms with van der Waals surface area (Å²) in [6, 6.07) is 13.9. The van der Waals surface area contributed by atoms with Crippen LogP contribution in [0.15, 0.2) is 48.7 Å². The number of pyridine rings is 1. The van der Waals surface area contributed by atoms with E-state index >= 15 is 0 Å². The smallest absolute Gasteiger partial charge is 0.0543 e. The Morgan fingerprint density at radius 1 is 1.06 bits per heavy atom. The van der Waals surface area contributed by atoms with E-state index in [2.05, 4.69) is 23.0 Å². The molecule has 0 spiro atoms. The summed E-state index contributed by atoms with van der Waals surface area (Å²) >= 11 is 6.13. The highest BCUT2D eigenvalue weighted by Crippen LogP contribution is 2.16. The Bertz CT molecular complexity index is 471. The fourth-order valence-corrected chi connectivity index (χ4v) is 1.94. The van der Waals surface area contributed by atoms with E-state index in [0.29, 0.717) is 0 Å². The molecule has 1 aromatic carbocycles. The second kappa shape index (κ2) is 5.80. The quantitative estimate of drug-likeness (QED) is 0.822. The minimum Gasteiger partial charge on any atom is -0.296 e. The second-order valence-electron chi connectivity index (χ2n) is 4.08. The summed E-state index contributed by atoms with van der Waals surface area (Å²) in [4.78, 5) is 6.51. The van der Waals surface area contributed by atoms with Gasteiger partial charge in [-0.1, -0.05) is 35.9 Å². The third-order valence-corrected chi connectivity index (χ3v) is 2.92. The van der Waals surface area contributed by atoms with E-state index in [1.54, 1.807) is 0 Å². The maximum atomic E-state index is 6.13. The van der Waals surface area contributed by atoms with Crippen molar-refractivity contribution in [2.75, 3.05) is 7.05 Å². The van der Waals surface area contributed by atoms with Crippen LogP contribution in [0.1, 0.15) is 11.3 Å². The standard InChI is InChI=1S/C14H15ClN2/c1-17(11-13-7-4-5-9-16-13)10-12-6-2-3-8-14(12)15/h2-9H,10-11H2,1H3. The first-order valence-corrected chi connectivity index (χ1v) is 5.95. The molecule has 0 aliphatic heterocycles. The van der Waals surface area contributed by atoms with Gasteiger partial charge in [-0.3, -0.25) is 9.88 Å². The van der Waals surface area contributed by atoms with Crippen molar-refractivity contribution in [1.29, 1.82) is 0 Å². The van der Waals surface area contributed by atoms with Crippen molar-refractivity contribution in [2.45, 2.75) is 13.1 Å².